The van der Waals surface area contributed by atoms with Gasteiger partial charge in [0, 0.05) is 18.7 Å². The third-order valence-corrected chi connectivity index (χ3v) is 4.10. The molecular weight excluding hydrogens is 248 g/mol. The Bertz CT molecular complexity index is 580. The lowest BCUT2D eigenvalue weighted by Crippen LogP contribution is -2.34. The van der Waals surface area contributed by atoms with Crippen molar-refractivity contribution in [1.29, 1.82) is 0 Å². The lowest BCUT2D eigenvalue weighted by atomic mass is 9.96. The normalized spacial score (nSPS) is 18.1. The Kier molecular flexibility index (Phi) is 3.99. The number of aromatic nitrogens is 1. The molecule has 3 rings (SSSR count). The Labute approximate surface area is 120 Å². The Morgan fingerprint density at radius 3 is 2.90 bits per heavy atom. The highest BCUT2D eigenvalue weighted by atomic mass is 16.5. The second-order valence-corrected chi connectivity index (χ2v) is 5.53. The Balaban J connectivity index is 1.95. The first kappa shape index (κ1) is 13.5. The van der Waals surface area contributed by atoms with Gasteiger partial charge in [0.2, 0.25) is 0 Å². The van der Waals surface area contributed by atoms with E-state index in [1.807, 2.05) is 19.4 Å². The van der Waals surface area contributed by atoms with Gasteiger partial charge < -0.3 is 10.1 Å². The Morgan fingerprint density at radius 2 is 2.20 bits per heavy atom. The maximum atomic E-state index is 5.78. The quantitative estimate of drug-likeness (QED) is 0.874. The van der Waals surface area contributed by atoms with Crippen molar-refractivity contribution in [2.75, 3.05) is 13.7 Å². The summed E-state index contributed by atoms with van der Waals surface area (Å²) in [7, 11) is 1.83. The summed E-state index contributed by atoms with van der Waals surface area (Å²) < 4.78 is 5.78. The van der Waals surface area contributed by atoms with Crippen LogP contribution in [-0.2, 0) is 4.74 Å². The van der Waals surface area contributed by atoms with Gasteiger partial charge in [-0.05, 0) is 49.1 Å². The molecule has 0 aliphatic heterocycles. The molecule has 1 saturated carbocycles. The van der Waals surface area contributed by atoms with Gasteiger partial charge in [0.15, 0.2) is 0 Å². The van der Waals surface area contributed by atoms with E-state index in [4.69, 9.17) is 4.74 Å². The number of methoxy groups -OCH3 is 1. The molecule has 1 fully saturated rings. The van der Waals surface area contributed by atoms with Crippen LogP contribution in [0.3, 0.4) is 0 Å². The van der Waals surface area contributed by atoms with E-state index in [0.717, 1.165) is 12.1 Å². The van der Waals surface area contributed by atoms with E-state index in [9.17, 15) is 0 Å². The summed E-state index contributed by atoms with van der Waals surface area (Å²) in [5.41, 5.74) is 2.35. The van der Waals surface area contributed by atoms with Crippen LogP contribution in [0.15, 0.2) is 36.5 Å². The first-order valence-electron chi connectivity index (χ1n) is 7.44. The zero-order chi connectivity index (χ0) is 13.9. The van der Waals surface area contributed by atoms with Crippen molar-refractivity contribution >= 4 is 10.9 Å². The number of hydrogen-bond donors (Lipinski definition) is 1. The van der Waals surface area contributed by atoms with Crippen LogP contribution in [0.4, 0.5) is 0 Å². The zero-order valence-corrected chi connectivity index (χ0v) is 12.2. The second kappa shape index (κ2) is 5.90. The fourth-order valence-electron chi connectivity index (χ4n) is 2.96. The SMILES string of the molecule is CCNC(c1ccc2ncccc2c1)C(OC)C1CC1. The number of likely N-dealkylation sites (N-methyl/N-ethyl adjacent to an activating group) is 1. The van der Waals surface area contributed by atoms with Crippen molar-refractivity contribution < 1.29 is 4.74 Å². The van der Waals surface area contributed by atoms with Gasteiger partial charge in [-0.25, -0.2) is 0 Å². The molecule has 0 bridgehead atoms. The van der Waals surface area contributed by atoms with Crippen LogP contribution in [0.1, 0.15) is 31.4 Å². The van der Waals surface area contributed by atoms with Crippen LogP contribution >= 0.6 is 0 Å². The summed E-state index contributed by atoms with van der Waals surface area (Å²) in [6.45, 7) is 3.09. The maximum absolute atomic E-state index is 5.78. The molecular formula is C17H22N2O. The molecule has 106 valence electrons. The molecule has 1 aliphatic rings. The fraction of sp³-hybridized carbons (Fsp3) is 0.471. The fourth-order valence-corrected chi connectivity index (χ4v) is 2.96. The number of fused-ring (bicyclic) bond motifs is 1. The second-order valence-electron chi connectivity index (χ2n) is 5.53. The van der Waals surface area contributed by atoms with Crippen LogP contribution in [0.25, 0.3) is 10.9 Å². The molecule has 1 aliphatic carbocycles. The third-order valence-electron chi connectivity index (χ3n) is 4.10. The number of nitrogens with zero attached hydrogens (tertiary/aromatic N) is 1. The highest BCUT2D eigenvalue weighted by Gasteiger charge is 2.37. The van der Waals surface area contributed by atoms with Crippen molar-refractivity contribution in [3.8, 4) is 0 Å². The van der Waals surface area contributed by atoms with E-state index in [-0.39, 0.29) is 12.1 Å². The molecule has 1 heterocycles. The lowest BCUT2D eigenvalue weighted by Gasteiger charge is -2.27. The van der Waals surface area contributed by atoms with Gasteiger partial charge in [0.25, 0.3) is 0 Å². The van der Waals surface area contributed by atoms with Gasteiger partial charge in [-0.3, -0.25) is 4.98 Å². The van der Waals surface area contributed by atoms with Crippen LogP contribution in [0, 0.1) is 5.92 Å². The average Bonchev–Trinajstić information content (AvgIpc) is 3.31. The standard InChI is InChI=1S/C17H22N2O/c1-3-18-16(17(20-2)12-6-7-12)14-8-9-15-13(11-14)5-4-10-19-15/h4-5,8-12,16-18H,3,6-7H2,1-2H3. The molecule has 2 unspecified atom stereocenters. The topological polar surface area (TPSA) is 34.2 Å². The maximum Gasteiger partial charge on any atom is 0.0794 e. The third kappa shape index (κ3) is 2.69. The molecule has 2 aromatic rings. The molecule has 1 N–H and O–H groups in total. The van der Waals surface area contributed by atoms with E-state index < -0.39 is 0 Å². The largest absolute Gasteiger partial charge is 0.379 e. The zero-order valence-electron chi connectivity index (χ0n) is 12.2. The molecule has 0 spiro atoms. The minimum absolute atomic E-state index is 0.266. The average molecular weight is 270 g/mol. The number of ether oxygens (including phenoxy) is 1. The predicted molar refractivity (Wildman–Crippen MR) is 81.7 cm³/mol. The van der Waals surface area contributed by atoms with Crippen LogP contribution in [-0.4, -0.2) is 24.7 Å². The molecule has 3 heteroatoms. The lowest BCUT2D eigenvalue weighted by molar-refractivity contribution is 0.0512. The summed E-state index contributed by atoms with van der Waals surface area (Å²) in [4.78, 5) is 4.39. The highest BCUT2D eigenvalue weighted by Crippen LogP contribution is 2.40. The van der Waals surface area contributed by atoms with Crippen molar-refractivity contribution in [1.82, 2.24) is 10.3 Å². The van der Waals surface area contributed by atoms with Gasteiger partial charge in [-0.15, -0.1) is 0 Å². The molecule has 0 amide bonds. The summed E-state index contributed by atoms with van der Waals surface area (Å²) >= 11 is 0. The van der Waals surface area contributed by atoms with E-state index in [1.165, 1.54) is 23.8 Å². The van der Waals surface area contributed by atoms with Gasteiger partial charge >= 0.3 is 0 Å². The number of benzene rings is 1. The highest BCUT2D eigenvalue weighted by molar-refractivity contribution is 5.79. The Morgan fingerprint density at radius 1 is 1.35 bits per heavy atom. The van der Waals surface area contributed by atoms with Crippen molar-refractivity contribution in [2.24, 2.45) is 5.92 Å². The van der Waals surface area contributed by atoms with E-state index >= 15 is 0 Å². The summed E-state index contributed by atoms with van der Waals surface area (Å²) in [6, 6.07) is 10.9. The molecule has 1 aromatic heterocycles. The summed E-state index contributed by atoms with van der Waals surface area (Å²) in [6.07, 6.45) is 4.68. The number of hydrogen-bond acceptors (Lipinski definition) is 3. The van der Waals surface area contributed by atoms with Gasteiger partial charge in [-0.2, -0.15) is 0 Å². The van der Waals surface area contributed by atoms with E-state index in [2.05, 4.69) is 41.5 Å². The monoisotopic (exact) mass is 270 g/mol. The van der Waals surface area contributed by atoms with Gasteiger partial charge in [-0.1, -0.05) is 19.1 Å². The van der Waals surface area contributed by atoms with Crippen molar-refractivity contribution in [3.63, 3.8) is 0 Å². The number of pyridine rings is 1. The number of nitrogens with one attached hydrogen (secondary N) is 1. The van der Waals surface area contributed by atoms with Crippen LogP contribution < -0.4 is 5.32 Å². The molecule has 0 saturated heterocycles. The molecule has 20 heavy (non-hydrogen) atoms. The van der Waals surface area contributed by atoms with Crippen molar-refractivity contribution in [2.45, 2.75) is 31.9 Å². The molecule has 1 aromatic carbocycles. The first-order chi connectivity index (χ1) is 9.83. The van der Waals surface area contributed by atoms with Gasteiger partial charge in [0.1, 0.15) is 0 Å². The van der Waals surface area contributed by atoms with Gasteiger partial charge in [0.05, 0.1) is 17.7 Å². The van der Waals surface area contributed by atoms with Crippen LogP contribution in [0.5, 0.6) is 0 Å². The predicted octanol–water partition coefficient (Wildman–Crippen LogP) is 3.31. The minimum Gasteiger partial charge on any atom is -0.379 e. The first-order valence-corrected chi connectivity index (χ1v) is 7.44. The summed E-state index contributed by atoms with van der Waals surface area (Å²) in [5, 5.41) is 4.78. The smallest absolute Gasteiger partial charge is 0.0794 e. The molecule has 3 nitrogen and oxygen atoms in total. The Hall–Kier alpha value is -1.45. The van der Waals surface area contributed by atoms with E-state index in [0.29, 0.717) is 5.92 Å². The van der Waals surface area contributed by atoms with Crippen LogP contribution in [0.2, 0.25) is 0 Å². The molecule has 0 radical (unpaired) electrons. The summed E-state index contributed by atoms with van der Waals surface area (Å²) in [5.74, 6) is 0.702. The molecule has 2 atom stereocenters. The number of rotatable bonds is 6. The minimum atomic E-state index is 0.266. The van der Waals surface area contributed by atoms with Crippen molar-refractivity contribution in [3.05, 3.63) is 42.1 Å². The van der Waals surface area contributed by atoms with E-state index in [1.54, 1.807) is 0 Å².